The van der Waals surface area contributed by atoms with E-state index >= 15 is 0 Å². The molecule has 0 fully saturated rings. The van der Waals surface area contributed by atoms with Crippen molar-refractivity contribution in [2.24, 2.45) is 0 Å². The molecular formula is C23H29NO2S. The molecule has 1 amide bonds. The van der Waals surface area contributed by atoms with Crippen molar-refractivity contribution in [1.82, 2.24) is 0 Å². The van der Waals surface area contributed by atoms with Crippen LogP contribution in [0.5, 0.6) is 0 Å². The third-order valence-corrected chi connectivity index (χ3v) is 6.14. The SMILES string of the molecule is CC(=O)c1c(C)cc(C)c(CS[C@@H](C)C(=O)Nc2ccc(C)cc2C)c1C. The molecular weight excluding hydrogens is 354 g/mol. The summed E-state index contributed by atoms with van der Waals surface area (Å²) in [6.45, 7) is 13.6. The number of thioether (sulfide) groups is 1. The number of ketones is 1. The average Bonchev–Trinajstić information content (AvgIpc) is 2.56. The largest absolute Gasteiger partial charge is 0.325 e. The fourth-order valence-electron chi connectivity index (χ4n) is 3.46. The molecule has 0 aliphatic rings. The van der Waals surface area contributed by atoms with Gasteiger partial charge in [-0.25, -0.2) is 0 Å². The van der Waals surface area contributed by atoms with Crippen LogP contribution in [0.15, 0.2) is 24.3 Å². The molecule has 0 radical (unpaired) electrons. The molecule has 1 N–H and O–H groups in total. The van der Waals surface area contributed by atoms with Gasteiger partial charge in [0.2, 0.25) is 5.91 Å². The first kappa shape index (κ1) is 21.2. The van der Waals surface area contributed by atoms with Gasteiger partial charge in [-0.1, -0.05) is 23.8 Å². The summed E-state index contributed by atoms with van der Waals surface area (Å²) in [6, 6.07) is 8.09. The van der Waals surface area contributed by atoms with Crippen LogP contribution in [-0.2, 0) is 10.5 Å². The molecule has 4 heteroatoms. The summed E-state index contributed by atoms with van der Waals surface area (Å²) in [5.74, 6) is 0.803. The summed E-state index contributed by atoms with van der Waals surface area (Å²) in [7, 11) is 0. The van der Waals surface area contributed by atoms with Crippen LogP contribution >= 0.6 is 11.8 Å². The van der Waals surface area contributed by atoms with Gasteiger partial charge < -0.3 is 5.32 Å². The maximum absolute atomic E-state index is 12.6. The van der Waals surface area contributed by atoms with E-state index in [1.807, 2.05) is 46.8 Å². The highest BCUT2D eigenvalue weighted by Gasteiger charge is 2.18. The van der Waals surface area contributed by atoms with Gasteiger partial charge in [-0.2, -0.15) is 0 Å². The van der Waals surface area contributed by atoms with Crippen molar-refractivity contribution in [3.8, 4) is 0 Å². The third-order valence-electron chi connectivity index (χ3n) is 4.97. The maximum Gasteiger partial charge on any atom is 0.237 e. The van der Waals surface area contributed by atoms with Crippen LogP contribution in [0.25, 0.3) is 0 Å². The van der Waals surface area contributed by atoms with Crippen LogP contribution in [-0.4, -0.2) is 16.9 Å². The van der Waals surface area contributed by atoms with Crippen LogP contribution < -0.4 is 5.32 Å². The number of nitrogens with one attached hydrogen (secondary N) is 1. The minimum absolute atomic E-state index is 0.00108. The zero-order valence-corrected chi connectivity index (χ0v) is 18.1. The first-order chi connectivity index (χ1) is 12.6. The molecule has 0 heterocycles. The molecule has 0 unspecified atom stereocenters. The van der Waals surface area contributed by atoms with Gasteiger partial charge in [-0.05, 0) is 82.3 Å². The van der Waals surface area contributed by atoms with Crippen molar-refractivity contribution in [2.75, 3.05) is 5.32 Å². The number of aryl methyl sites for hydroxylation is 4. The highest BCUT2D eigenvalue weighted by atomic mass is 32.2. The quantitative estimate of drug-likeness (QED) is 0.652. The summed E-state index contributed by atoms with van der Waals surface area (Å²) in [5, 5.41) is 2.84. The summed E-state index contributed by atoms with van der Waals surface area (Å²) in [4.78, 5) is 24.6. The lowest BCUT2D eigenvalue weighted by Gasteiger charge is -2.18. The van der Waals surface area contributed by atoms with E-state index in [1.165, 1.54) is 11.1 Å². The topological polar surface area (TPSA) is 46.2 Å². The molecule has 27 heavy (non-hydrogen) atoms. The van der Waals surface area contributed by atoms with Crippen molar-refractivity contribution >= 4 is 29.1 Å². The lowest BCUT2D eigenvalue weighted by atomic mass is 9.92. The molecule has 0 aromatic heterocycles. The van der Waals surface area contributed by atoms with Crippen molar-refractivity contribution in [1.29, 1.82) is 0 Å². The zero-order chi connectivity index (χ0) is 20.3. The van der Waals surface area contributed by atoms with Crippen molar-refractivity contribution in [3.05, 3.63) is 63.2 Å². The molecule has 0 aliphatic heterocycles. The van der Waals surface area contributed by atoms with Crippen molar-refractivity contribution < 1.29 is 9.59 Å². The smallest absolute Gasteiger partial charge is 0.237 e. The number of carbonyl (C=O) groups excluding carboxylic acids is 2. The Bertz CT molecular complexity index is 886. The number of Topliss-reactive ketones (excluding diaryl/α,β-unsaturated/α-hetero) is 1. The molecule has 0 spiro atoms. The summed E-state index contributed by atoms with van der Waals surface area (Å²) in [5.41, 5.74) is 8.30. The molecule has 0 saturated heterocycles. The molecule has 3 nitrogen and oxygen atoms in total. The monoisotopic (exact) mass is 383 g/mol. The fourth-order valence-corrected chi connectivity index (χ4v) is 4.53. The minimum Gasteiger partial charge on any atom is -0.325 e. The van der Waals surface area contributed by atoms with Crippen LogP contribution in [0, 0.1) is 34.6 Å². The summed E-state index contributed by atoms with van der Waals surface area (Å²) in [6.07, 6.45) is 0. The Kier molecular flexibility index (Phi) is 6.88. The Morgan fingerprint density at radius 3 is 2.26 bits per heavy atom. The first-order valence-electron chi connectivity index (χ1n) is 9.22. The number of anilines is 1. The standard InChI is InChI=1S/C23H29NO2S/c1-13-8-9-21(15(3)10-13)24-23(26)19(7)27-12-20-14(2)11-16(4)22(17(20)5)18(6)25/h8-11,19H,12H2,1-7H3,(H,24,26)/t19-/m0/s1. The first-order valence-corrected chi connectivity index (χ1v) is 10.3. The van der Waals surface area contributed by atoms with E-state index in [-0.39, 0.29) is 16.9 Å². The second-order valence-corrected chi connectivity index (χ2v) is 8.64. The molecule has 1 atom stereocenters. The lowest BCUT2D eigenvalue weighted by Crippen LogP contribution is -2.23. The van der Waals surface area contributed by atoms with E-state index in [0.29, 0.717) is 5.75 Å². The molecule has 0 bridgehead atoms. The molecule has 2 aromatic carbocycles. The second kappa shape index (κ2) is 8.75. The molecule has 2 aromatic rings. The van der Waals surface area contributed by atoms with Crippen LogP contribution in [0.2, 0.25) is 0 Å². The van der Waals surface area contributed by atoms with E-state index < -0.39 is 0 Å². The summed E-state index contributed by atoms with van der Waals surface area (Å²) < 4.78 is 0. The number of rotatable bonds is 6. The Hall–Kier alpha value is -2.07. The normalized spacial score (nSPS) is 12.0. The predicted molar refractivity (Wildman–Crippen MR) is 116 cm³/mol. The van der Waals surface area contributed by atoms with E-state index in [1.54, 1.807) is 18.7 Å². The Balaban J connectivity index is 2.11. The van der Waals surface area contributed by atoms with Gasteiger partial charge in [0.05, 0.1) is 5.25 Å². The number of amides is 1. The third kappa shape index (κ3) is 5.01. The molecule has 144 valence electrons. The predicted octanol–water partition coefficient (Wildman–Crippen LogP) is 5.69. The lowest BCUT2D eigenvalue weighted by molar-refractivity contribution is -0.115. The number of hydrogen-bond donors (Lipinski definition) is 1. The van der Waals surface area contributed by atoms with Gasteiger partial charge in [0.1, 0.15) is 0 Å². The van der Waals surface area contributed by atoms with Crippen LogP contribution in [0.4, 0.5) is 5.69 Å². The van der Waals surface area contributed by atoms with Gasteiger partial charge in [0, 0.05) is 17.0 Å². The number of benzene rings is 2. The average molecular weight is 384 g/mol. The molecule has 0 saturated carbocycles. The van der Waals surface area contributed by atoms with E-state index in [4.69, 9.17) is 0 Å². The molecule has 2 rings (SSSR count). The maximum atomic E-state index is 12.6. The van der Waals surface area contributed by atoms with Gasteiger partial charge in [0.15, 0.2) is 5.78 Å². The van der Waals surface area contributed by atoms with Gasteiger partial charge in [-0.15, -0.1) is 11.8 Å². The van der Waals surface area contributed by atoms with Crippen LogP contribution in [0.3, 0.4) is 0 Å². The Morgan fingerprint density at radius 1 is 1.00 bits per heavy atom. The van der Waals surface area contributed by atoms with Gasteiger partial charge in [-0.3, -0.25) is 9.59 Å². The van der Waals surface area contributed by atoms with E-state index in [0.717, 1.165) is 33.5 Å². The number of carbonyl (C=O) groups is 2. The van der Waals surface area contributed by atoms with E-state index in [2.05, 4.69) is 24.4 Å². The Morgan fingerprint density at radius 2 is 1.67 bits per heavy atom. The van der Waals surface area contributed by atoms with E-state index in [9.17, 15) is 9.59 Å². The van der Waals surface area contributed by atoms with Crippen molar-refractivity contribution in [2.45, 2.75) is 59.5 Å². The zero-order valence-electron chi connectivity index (χ0n) is 17.3. The number of hydrogen-bond acceptors (Lipinski definition) is 3. The highest BCUT2D eigenvalue weighted by molar-refractivity contribution is 7.99. The second-order valence-electron chi connectivity index (χ2n) is 7.31. The fraction of sp³-hybridized carbons (Fsp3) is 0.391. The minimum atomic E-state index is -0.188. The van der Waals surface area contributed by atoms with Gasteiger partial charge in [0.25, 0.3) is 0 Å². The van der Waals surface area contributed by atoms with Gasteiger partial charge >= 0.3 is 0 Å². The summed E-state index contributed by atoms with van der Waals surface area (Å²) >= 11 is 1.60. The molecule has 0 aliphatic carbocycles. The van der Waals surface area contributed by atoms with Crippen molar-refractivity contribution in [3.63, 3.8) is 0 Å². The van der Waals surface area contributed by atoms with Crippen LogP contribution in [0.1, 0.15) is 57.6 Å². The highest BCUT2D eigenvalue weighted by Crippen LogP contribution is 2.28. The Labute approximate surface area is 166 Å².